The molecule has 0 spiro atoms. The van der Waals surface area contributed by atoms with E-state index >= 15 is 0 Å². The van der Waals surface area contributed by atoms with Gasteiger partial charge < -0.3 is 15.2 Å². The molecule has 1 aromatic carbocycles. The standard InChI is InChI=1S/C15H12Cl2N4O/c1-8-10(5-19-15(8)20-7-18)14-11(6-21-22-14)9-3-2-4-12(16)13(9)17/h2-7,19H,1H3,(H2,18,20). The number of aromatic amines is 1. The first kappa shape index (κ1) is 14.7. The molecule has 5 nitrogen and oxygen atoms in total. The fourth-order valence-corrected chi connectivity index (χ4v) is 2.67. The summed E-state index contributed by atoms with van der Waals surface area (Å²) in [5.41, 5.74) is 8.59. The van der Waals surface area contributed by atoms with E-state index in [0.29, 0.717) is 21.6 Å². The van der Waals surface area contributed by atoms with Crippen molar-refractivity contribution in [1.29, 1.82) is 0 Å². The van der Waals surface area contributed by atoms with Gasteiger partial charge in [0.15, 0.2) is 5.76 Å². The molecule has 0 atom stereocenters. The Morgan fingerprint density at radius 1 is 1.27 bits per heavy atom. The summed E-state index contributed by atoms with van der Waals surface area (Å²) >= 11 is 12.4. The molecular formula is C15H12Cl2N4O. The number of halogens is 2. The Labute approximate surface area is 136 Å². The molecule has 3 rings (SSSR count). The summed E-state index contributed by atoms with van der Waals surface area (Å²) in [6.07, 6.45) is 4.64. The van der Waals surface area contributed by atoms with Gasteiger partial charge in [-0.15, -0.1) is 0 Å². The zero-order chi connectivity index (χ0) is 15.7. The first-order valence-electron chi connectivity index (χ1n) is 6.45. The lowest BCUT2D eigenvalue weighted by Crippen LogP contribution is -1.87. The third kappa shape index (κ3) is 2.38. The van der Waals surface area contributed by atoms with Crippen molar-refractivity contribution in [3.8, 4) is 22.5 Å². The van der Waals surface area contributed by atoms with Crippen LogP contribution in [0.4, 0.5) is 5.82 Å². The molecule has 22 heavy (non-hydrogen) atoms. The molecule has 0 unspecified atom stereocenters. The number of H-pyrrole nitrogens is 1. The van der Waals surface area contributed by atoms with Gasteiger partial charge in [-0.3, -0.25) is 0 Å². The molecule has 0 saturated carbocycles. The van der Waals surface area contributed by atoms with E-state index in [9.17, 15) is 0 Å². The molecule has 7 heteroatoms. The number of hydrogen-bond donors (Lipinski definition) is 2. The molecule has 0 aliphatic rings. The third-order valence-electron chi connectivity index (χ3n) is 3.37. The molecule has 0 fully saturated rings. The average Bonchev–Trinajstić information content (AvgIpc) is 3.10. The van der Waals surface area contributed by atoms with Crippen LogP contribution in [0.5, 0.6) is 0 Å². The van der Waals surface area contributed by atoms with E-state index in [1.165, 1.54) is 6.34 Å². The zero-order valence-electron chi connectivity index (χ0n) is 11.6. The minimum absolute atomic E-state index is 0.460. The van der Waals surface area contributed by atoms with Crippen molar-refractivity contribution in [2.75, 3.05) is 0 Å². The second-order valence-electron chi connectivity index (χ2n) is 4.62. The van der Waals surface area contributed by atoms with Crippen LogP contribution in [0, 0.1) is 6.92 Å². The summed E-state index contributed by atoms with van der Waals surface area (Å²) in [5, 5.41) is 4.83. The van der Waals surface area contributed by atoms with Gasteiger partial charge in [0, 0.05) is 22.9 Å². The van der Waals surface area contributed by atoms with E-state index in [0.717, 1.165) is 22.3 Å². The van der Waals surface area contributed by atoms with Crippen LogP contribution >= 0.6 is 23.2 Å². The van der Waals surface area contributed by atoms with Gasteiger partial charge in [0.2, 0.25) is 0 Å². The van der Waals surface area contributed by atoms with Gasteiger partial charge in [-0.05, 0) is 13.0 Å². The van der Waals surface area contributed by atoms with Crippen molar-refractivity contribution >= 4 is 35.4 Å². The Bertz CT molecular complexity index is 851. The lowest BCUT2D eigenvalue weighted by atomic mass is 10.0. The minimum atomic E-state index is 0.460. The number of rotatable bonds is 3. The quantitative estimate of drug-likeness (QED) is 0.543. The van der Waals surface area contributed by atoms with Crippen molar-refractivity contribution in [3.05, 3.63) is 46.2 Å². The molecule has 2 aromatic heterocycles. The van der Waals surface area contributed by atoms with Gasteiger partial charge in [0.25, 0.3) is 0 Å². The summed E-state index contributed by atoms with van der Waals surface area (Å²) in [6, 6.07) is 5.43. The molecular weight excluding hydrogens is 323 g/mol. The van der Waals surface area contributed by atoms with Crippen LogP contribution in [0.2, 0.25) is 10.0 Å². The predicted molar refractivity (Wildman–Crippen MR) is 88.8 cm³/mol. The normalized spacial score (nSPS) is 11.4. The first-order chi connectivity index (χ1) is 10.6. The highest BCUT2D eigenvalue weighted by molar-refractivity contribution is 6.43. The Balaban J connectivity index is 2.16. The van der Waals surface area contributed by atoms with Gasteiger partial charge >= 0.3 is 0 Å². The van der Waals surface area contributed by atoms with E-state index in [4.69, 9.17) is 33.5 Å². The molecule has 0 bridgehead atoms. The van der Waals surface area contributed by atoms with Crippen LogP contribution < -0.4 is 5.73 Å². The van der Waals surface area contributed by atoms with Crippen molar-refractivity contribution in [1.82, 2.24) is 10.1 Å². The van der Waals surface area contributed by atoms with Crippen LogP contribution in [-0.4, -0.2) is 16.5 Å². The van der Waals surface area contributed by atoms with Gasteiger partial charge in [-0.25, -0.2) is 4.99 Å². The van der Waals surface area contributed by atoms with Crippen LogP contribution in [0.15, 0.2) is 40.1 Å². The smallest absolute Gasteiger partial charge is 0.176 e. The van der Waals surface area contributed by atoms with E-state index in [1.807, 2.05) is 19.1 Å². The number of hydrogen-bond acceptors (Lipinski definition) is 3. The van der Waals surface area contributed by atoms with E-state index in [-0.39, 0.29) is 0 Å². The lowest BCUT2D eigenvalue weighted by Gasteiger charge is -2.05. The highest BCUT2D eigenvalue weighted by Gasteiger charge is 2.19. The lowest BCUT2D eigenvalue weighted by molar-refractivity contribution is 0.432. The number of aliphatic imine (C=N–C) groups is 1. The SMILES string of the molecule is Cc1c(-c2oncc2-c2cccc(Cl)c2Cl)c[nH]c1/N=C\N. The Kier molecular flexibility index (Phi) is 3.92. The molecule has 112 valence electrons. The number of benzene rings is 1. The third-order valence-corrected chi connectivity index (χ3v) is 4.19. The van der Waals surface area contributed by atoms with Gasteiger partial charge in [0.05, 0.1) is 28.1 Å². The summed E-state index contributed by atoms with van der Waals surface area (Å²) in [7, 11) is 0. The van der Waals surface area contributed by atoms with Gasteiger partial charge in [-0.1, -0.05) is 40.5 Å². The molecule has 0 aliphatic heterocycles. The fraction of sp³-hybridized carbons (Fsp3) is 0.0667. The highest BCUT2D eigenvalue weighted by atomic mass is 35.5. The largest absolute Gasteiger partial charge is 0.390 e. The maximum atomic E-state index is 6.29. The van der Waals surface area contributed by atoms with E-state index < -0.39 is 0 Å². The zero-order valence-corrected chi connectivity index (χ0v) is 13.1. The second kappa shape index (κ2) is 5.87. The maximum Gasteiger partial charge on any atom is 0.176 e. The van der Waals surface area contributed by atoms with E-state index in [2.05, 4.69) is 15.1 Å². The Morgan fingerprint density at radius 3 is 2.86 bits per heavy atom. The predicted octanol–water partition coefficient (Wildman–Crippen LogP) is 4.57. The minimum Gasteiger partial charge on any atom is -0.390 e. The average molecular weight is 335 g/mol. The molecule has 2 heterocycles. The van der Waals surface area contributed by atoms with Crippen molar-refractivity contribution in [3.63, 3.8) is 0 Å². The summed E-state index contributed by atoms with van der Waals surface area (Å²) in [4.78, 5) is 7.10. The van der Waals surface area contributed by atoms with Crippen LogP contribution in [0.25, 0.3) is 22.5 Å². The van der Waals surface area contributed by atoms with Crippen molar-refractivity contribution in [2.45, 2.75) is 6.92 Å². The first-order valence-corrected chi connectivity index (χ1v) is 7.20. The Hall–Kier alpha value is -2.24. The number of aromatic nitrogens is 2. The molecule has 3 N–H and O–H groups in total. The number of nitrogens with one attached hydrogen (secondary N) is 1. The second-order valence-corrected chi connectivity index (χ2v) is 5.41. The molecule has 0 amide bonds. The van der Waals surface area contributed by atoms with Crippen LogP contribution in [0.3, 0.4) is 0 Å². The maximum absolute atomic E-state index is 6.29. The number of nitrogens with two attached hydrogens (primary N) is 1. The van der Waals surface area contributed by atoms with Gasteiger partial charge in [0.1, 0.15) is 5.82 Å². The van der Waals surface area contributed by atoms with Gasteiger partial charge in [-0.2, -0.15) is 0 Å². The molecule has 0 radical (unpaired) electrons. The molecule has 0 saturated heterocycles. The molecule has 3 aromatic rings. The summed E-state index contributed by atoms with van der Waals surface area (Å²) < 4.78 is 5.42. The van der Waals surface area contributed by atoms with Crippen LogP contribution in [-0.2, 0) is 0 Å². The number of nitrogens with zero attached hydrogens (tertiary/aromatic N) is 2. The fourth-order valence-electron chi connectivity index (χ4n) is 2.27. The van der Waals surface area contributed by atoms with Crippen molar-refractivity contribution in [2.24, 2.45) is 10.7 Å². The topological polar surface area (TPSA) is 80.2 Å². The van der Waals surface area contributed by atoms with Crippen molar-refractivity contribution < 1.29 is 4.52 Å². The molecule has 0 aliphatic carbocycles. The van der Waals surface area contributed by atoms with Crippen LogP contribution in [0.1, 0.15) is 5.56 Å². The highest BCUT2D eigenvalue weighted by Crippen LogP contribution is 2.40. The van der Waals surface area contributed by atoms with E-state index in [1.54, 1.807) is 18.5 Å². The summed E-state index contributed by atoms with van der Waals surface area (Å²) in [6.45, 7) is 1.92. The Morgan fingerprint density at radius 2 is 2.09 bits per heavy atom. The monoisotopic (exact) mass is 334 g/mol. The summed E-state index contributed by atoms with van der Waals surface area (Å²) in [5.74, 6) is 1.26.